The van der Waals surface area contributed by atoms with Crippen molar-refractivity contribution < 1.29 is 32.0 Å². The standard InChI is InChI=1S/C34H46N6O7S/c1-20(2)17-26(29(42)33-39-38-32(47-33)24-13-9-21(3)10-14-24)37-30(43)23(5)36-31(44)27(18-28(41)35-19-34(6,7)8)40-48(45,46)25-15-11-22(4)12-16-25/h9-16,20,23,26-27,40H,17-19H2,1-8H3,(H,35,41)(H,36,44)(H,37,43)/t23-,26-,27-/m0/s1. The molecule has 2 aromatic carbocycles. The molecule has 1 heterocycles. The van der Waals surface area contributed by atoms with E-state index >= 15 is 0 Å². The lowest BCUT2D eigenvalue weighted by molar-refractivity contribution is -0.131. The van der Waals surface area contributed by atoms with Crippen LogP contribution in [0.5, 0.6) is 0 Å². The summed E-state index contributed by atoms with van der Waals surface area (Å²) in [5.74, 6) is -2.90. The molecule has 3 aromatic rings. The van der Waals surface area contributed by atoms with Crippen LogP contribution < -0.4 is 20.7 Å². The van der Waals surface area contributed by atoms with E-state index in [1.165, 1.54) is 19.1 Å². The smallest absolute Gasteiger partial charge is 0.286 e. The molecule has 0 radical (unpaired) electrons. The zero-order chi connectivity index (χ0) is 35.8. The fraction of sp³-hybridized carbons (Fsp3) is 0.471. The number of hydrogen-bond donors (Lipinski definition) is 4. The first-order valence-corrected chi connectivity index (χ1v) is 17.2. The third-order valence-corrected chi connectivity index (χ3v) is 8.66. The Balaban J connectivity index is 1.76. The Labute approximate surface area is 282 Å². The molecule has 0 bridgehead atoms. The summed E-state index contributed by atoms with van der Waals surface area (Å²) in [6, 6.07) is 9.51. The van der Waals surface area contributed by atoms with Crippen molar-refractivity contribution in [1.29, 1.82) is 0 Å². The highest BCUT2D eigenvalue weighted by molar-refractivity contribution is 7.89. The van der Waals surface area contributed by atoms with Gasteiger partial charge in [-0.25, -0.2) is 8.42 Å². The molecular weight excluding hydrogens is 636 g/mol. The summed E-state index contributed by atoms with van der Waals surface area (Å²) in [6.07, 6.45) is -0.281. The van der Waals surface area contributed by atoms with Crippen molar-refractivity contribution in [3.8, 4) is 11.5 Å². The molecule has 0 fully saturated rings. The monoisotopic (exact) mass is 682 g/mol. The van der Waals surface area contributed by atoms with Gasteiger partial charge >= 0.3 is 0 Å². The predicted octanol–water partition coefficient (Wildman–Crippen LogP) is 3.47. The first kappa shape index (κ1) is 38.0. The molecule has 13 nitrogen and oxygen atoms in total. The highest BCUT2D eigenvalue weighted by Crippen LogP contribution is 2.20. The number of nitrogens with one attached hydrogen (secondary N) is 4. The van der Waals surface area contributed by atoms with Gasteiger partial charge in [-0.05, 0) is 62.8 Å². The van der Waals surface area contributed by atoms with Crippen molar-refractivity contribution in [3.05, 3.63) is 65.5 Å². The molecule has 0 aliphatic rings. The first-order chi connectivity index (χ1) is 22.3. The summed E-state index contributed by atoms with van der Waals surface area (Å²) in [6.45, 7) is 14.9. The van der Waals surface area contributed by atoms with E-state index in [4.69, 9.17) is 4.42 Å². The van der Waals surface area contributed by atoms with E-state index in [0.717, 1.165) is 11.1 Å². The number of nitrogens with zero attached hydrogens (tertiary/aromatic N) is 2. The quantitative estimate of drug-likeness (QED) is 0.174. The number of sulfonamides is 1. The minimum absolute atomic E-state index is 0.0178. The fourth-order valence-corrected chi connectivity index (χ4v) is 5.64. The van der Waals surface area contributed by atoms with Crippen molar-refractivity contribution in [2.45, 2.75) is 91.3 Å². The van der Waals surface area contributed by atoms with Crippen molar-refractivity contribution in [1.82, 2.24) is 30.9 Å². The molecule has 0 saturated carbocycles. The van der Waals surface area contributed by atoms with Gasteiger partial charge in [0.25, 0.3) is 5.89 Å². The number of carbonyl (C=O) groups excluding carboxylic acids is 4. The SMILES string of the molecule is Cc1ccc(-c2nnc(C(=O)[C@H](CC(C)C)NC(=O)[C@H](C)NC(=O)[C@H](CC(=O)NCC(C)(C)C)NS(=O)(=O)c3ccc(C)cc3)o2)cc1. The van der Waals surface area contributed by atoms with Crippen LogP contribution in [0.1, 0.15) is 76.2 Å². The number of carbonyl (C=O) groups is 4. The summed E-state index contributed by atoms with van der Waals surface area (Å²) in [5.41, 5.74) is 2.25. The largest absolute Gasteiger partial charge is 0.414 e. The van der Waals surface area contributed by atoms with Crippen LogP contribution in [-0.2, 0) is 24.4 Å². The summed E-state index contributed by atoms with van der Waals surface area (Å²) in [4.78, 5) is 52.9. The fourth-order valence-electron chi connectivity index (χ4n) is 4.45. The van der Waals surface area contributed by atoms with E-state index in [1.807, 2.05) is 53.7 Å². The van der Waals surface area contributed by atoms with E-state index in [1.54, 1.807) is 31.2 Å². The number of amides is 3. The number of aromatic nitrogens is 2. The minimum Gasteiger partial charge on any atom is -0.414 e. The van der Waals surface area contributed by atoms with Crippen LogP contribution in [0.4, 0.5) is 0 Å². The van der Waals surface area contributed by atoms with Gasteiger partial charge in [-0.2, -0.15) is 4.72 Å². The zero-order valence-electron chi connectivity index (χ0n) is 28.7. The number of ketones is 1. The van der Waals surface area contributed by atoms with Gasteiger partial charge in [0.1, 0.15) is 12.1 Å². The van der Waals surface area contributed by atoms with Crippen molar-refractivity contribution in [2.24, 2.45) is 11.3 Å². The topological polar surface area (TPSA) is 189 Å². The van der Waals surface area contributed by atoms with E-state index in [0.29, 0.717) is 12.1 Å². The zero-order valence-corrected chi connectivity index (χ0v) is 29.5. The Kier molecular flexibility index (Phi) is 12.8. The summed E-state index contributed by atoms with van der Waals surface area (Å²) < 4.78 is 34.3. The molecule has 3 atom stereocenters. The lowest BCUT2D eigenvalue weighted by Crippen LogP contribution is -2.55. The Bertz CT molecular complexity index is 1690. The Morgan fingerprint density at radius 2 is 1.40 bits per heavy atom. The van der Waals surface area contributed by atoms with Crippen LogP contribution in [0, 0.1) is 25.2 Å². The van der Waals surface area contributed by atoms with Crippen molar-refractivity contribution in [2.75, 3.05) is 6.54 Å². The number of benzene rings is 2. The van der Waals surface area contributed by atoms with E-state index in [-0.39, 0.29) is 34.4 Å². The number of Topliss-reactive ketones (excluding diaryl/α,β-unsaturated/α-hetero) is 1. The van der Waals surface area contributed by atoms with Gasteiger partial charge in [0.05, 0.1) is 17.4 Å². The minimum atomic E-state index is -4.22. The second-order valence-electron chi connectivity index (χ2n) is 13.6. The van der Waals surface area contributed by atoms with Crippen LogP contribution in [0.25, 0.3) is 11.5 Å². The van der Waals surface area contributed by atoms with Gasteiger partial charge in [-0.3, -0.25) is 19.2 Å². The number of hydrogen-bond acceptors (Lipinski definition) is 9. The average molecular weight is 683 g/mol. The molecule has 14 heteroatoms. The highest BCUT2D eigenvalue weighted by Gasteiger charge is 2.33. The summed E-state index contributed by atoms with van der Waals surface area (Å²) >= 11 is 0. The second kappa shape index (κ2) is 16.1. The Morgan fingerprint density at radius 3 is 1.96 bits per heavy atom. The van der Waals surface area contributed by atoms with Gasteiger partial charge < -0.3 is 20.4 Å². The van der Waals surface area contributed by atoms with Gasteiger partial charge in [0.2, 0.25) is 39.4 Å². The average Bonchev–Trinajstić information content (AvgIpc) is 3.49. The maximum atomic E-state index is 13.4. The van der Waals surface area contributed by atoms with E-state index < -0.39 is 58.1 Å². The van der Waals surface area contributed by atoms with Gasteiger partial charge in [0.15, 0.2) is 0 Å². The molecule has 260 valence electrons. The Hall–Kier alpha value is -4.43. The molecule has 1 aromatic heterocycles. The summed E-state index contributed by atoms with van der Waals surface area (Å²) in [7, 11) is -4.22. The Morgan fingerprint density at radius 1 is 0.812 bits per heavy atom. The number of rotatable bonds is 15. The molecule has 3 amide bonds. The summed E-state index contributed by atoms with van der Waals surface area (Å²) in [5, 5.41) is 15.7. The molecule has 0 aliphatic heterocycles. The second-order valence-corrected chi connectivity index (χ2v) is 15.3. The molecule has 3 rings (SSSR count). The van der Waals surface area contributed by atoms with Crippen LogP contribution >= 0.6 is 0 Å². The normalized spacial score (nSPS) is 13.8. The molecule has 4 N–H and O–H groups in total. The maximum Gasteiger partial charge on any atom is 0.286 e. The van der Waals surface area contributed by atoms with Crippen molar-refractivity contribution in [3.63, 3.8) is 0 Å². The maximum absolute atomic E-state index is 13.4. The molecular formula is C34H46N6O7S. The molecule has 0 saturated heterocycles. The van der Waals surface area contributed by atoms with Crippen LogP contribution in [-0.4, -0.2) is 66.8 Å². The number of aryl methyl sites for hydroxylation is 2. The van der Waals surface area contributed by atoms with E-state index in [9.17, 15) is 27.6 Å². The van der Waals surface area contributed by atoms with Gasteiger partial charge in [0, 0.05) is 12.1 Å². The third-order valence-electron chi connectivity index (χ3n) is 7.18. The lowest BCUT2D eigenvalue weighted by atomic mass is 9.97. The van der Waals surface area contributed by atoms with Crippen LogP contribution in [0.2, 0.25) is 0 Å². The molecule has 0 unspecified atom stereocenters. The molecule has 0 aliphatic carbocycles. The third kappa shape index (κ3) is 11.4. The molecule has 48 heavy (non-hydrogen) atoms. The predicted molar refractivity (Wildman–Crippen MR) is 180 cm³/mol. The highest BCUT2D eigenvalue weighted by atomic mass is 32.2. The van der Waals surface area contributed by atoms with Crippen LogP contribution in [0.15, 0.2) is 57.8 Å². The first-order valence-electron chi connectivity index (χ1n) is 15.8. The molecule has 0 spiro atoms. The van der Waals surface area contributed by atoms with Crippen molar-refractivity contribution >= 4 is 33.5 Å². The van der Waals surface area contributed by atoms with Gasteiger partial charge in [-0.15, -0.1) is 10.2 Å². The van der Waals surface area contributed by atoms with E-state index in [2.05, 4.69) is 30.9 Å². The van der Waals surface area contributed by atoms with Gasteiger partial charge in [-0.1, -0.05) is 70.0 Å². The lowest BCUT2D eigenvalue weighted by Gasteiger charge is -2.24. The van der Waals surface area contributed by atoms with Crippen LogP contribution in [0.3, 0.4) is 0 Å².